The molecular formula is C16H18N2S. The molecule has 19 heavy (non-hydrogen) atoms. The third kappa shape index (κ3) is 2.43. The molecule has 0 saturated carbocycles. The molecule has 0 aliphatic carbocycles. The monoisotopic (exact) mass is 270 g/mol. The van der Waals surface area contributed by atoms with Crippen LogP contribution in [0, 0.1) is 6.92 Å². The summed E-state index contributed by atoms with van der Waals surface area (Å²) in [6.07, 6.45) is 1.11. The van der Waals surface area contributed by atoms with Crippen molar-refractivity contribution in [2.45, 2.75) is 13.3 Å². The second-order valence-electron chi connectivity index (χ2n) is 5.00. The van der Waals surface area contributed by atoms with Gasteiger partial charge in [0, 0.05) is 31.4 Å². The number of aryl methyl sites for hydroxylation is 1. The van der Waals surface area contributed by atoms with Gasteiger partial charge < -0.3 is 4.90 Å². The zero-order chi connectivity index (χ0) is 13.2. The van der Waals surface area contributed by atoms with Crippen molar-refractivity contribution in [2.24, 2.45) is 4.99 Å². The minimum Gasteiger partial charge on any atom is -0.374 e. The predicted octanol–water partition coefficient (Wildman–Crippen LogP) is 3.73. The van der Waals surface area contributed by atoms with E-state index < -0.39 is 0 Å². The Bertz CT molecular complexity index is 599. The van der Waals surface area contributed by atoms with E-state index >= 15 is 0 Å². The Morgan fingerprint density at radius 2 is 2.16 bits per heavy atom. The summed E-state index contributed by atoms with van der Waals surface area (Å²) in [5.74, 6) is 0. The SMILES string of the molecule is Cc1ccc2c(c1)C(c1cccs1)=NCCCN2C. The lowest BCUT2D eigenvalue weighted by Gasteiger charge is -2.25. The van der Waals surface area contributed by atoms with Crippen molar-refractivity contribution < 1.29 is 0 Å². The van der Waals surface area contributed by atoms with Gasteiger partial charge in [-0.25, -0.2) is 0 Å². The van der Waals surface area contributed by atoms with Crippen LogP contribution >= 0.6 is 11.3 Å². The second-order valence-corrected chi connectivity index (χ2v) is 5.95. The highest BCUT2D eigenvalue weighted by molar-refractivity contribution is 7.12. The summed E-state index contributed by atoms with van der Waals surface area (Å²) in [6, 6.07) is 10.9. The number of benzene rings is 1. The first-order valence-corrected chi connectivity index (χ1v) is 7.54. The van der Waals surface area contributed by atoms with Gasteiger partial charge in [0.1, 0.15) is 0 Å². The van der Waals surface area contributed by atoms with Crippen LogP contribution in [-0.4, -0.2) is 25.8 Å². The van der Waals surface area contributed by atoms with Crippen molar-refractivity contribution >= 4 is 22.7 Å². The summed E-state index contributed by atoms with van der Waals surface area (Å²) in [5, 5.41) is 2.12. The normalized spacial score (nSPS) is 15.5. The predicted molar refractivity (Wildman–Crippen MR) is 83.9 cm³/mol. The maximum atomic E-state index is 4.84. The molecule has 2 aromatic rings. The standard InChI is InChI=1S/C16H18N2S/c1-12-6-7-14-13(11-12)16(15-5-3-10-19-15)17-8-4-9-18(14)2/h3,5-7,10-11H,4,8-9H2,1-2H3. The fourth-order valence-corrected chi connectivity index (χ4v) is 3.25. The van der Waals surface area contributed by atoms with Gasteiger partial charge in [-0.2, -0.15) is 0 Å². The van der Waals surface area contributed by atoms with Crippen LogP contribution in [0.5, 0.6) is 0 Å². The molecule has 1 aromatic carbocycles. The van der Waals surface area contributed by atoms with Crippen LogP contribution in [0.2, 0.25) is 0 Å². The van der Waals surface area contributed by atoms with Crippen LogP contribution in [0.15, 0.2) is 40.7 Å². The number of thiophene rings is 1. The molecule has 3 rings (SSSR count). The topological polar surface area (TPSA) is 15.6 Å². The van der Waals surface area contributed by atoms with E-state index in [9.17, 15) is 0 Å². The summed E-state index contributed by atoms with van der Waals surface area (Å²) in [4.78, 5) is 8.45. The first kappa shape index (κ1) is 12.4. The third-order valence-corrected chi connectivity index (χ3v) is 4.37. The number of aliphatic imine (C=N–C) groups is 1. The molecule has 0 atom stereocenters. The molecule has 3 heteroatoms. The molecule has 1 aliphatic heterocycles. The van der Waals surface area contributed by atoms with Crippen LogP contribution in [0.1, 0.15) is 22.4 Å². The molecule has 0 spiro atoms. The van der Waals surface area contributed by atoms with Crippen molar-refractivity contribution in [2.75, 3.05) is 25.0 Å². The van der Waals surface area contributed by atoms with E-state index in [0.29, 0.717) is 0 Å². The maximum absolute atomic E-state index is 4.84. The smallest absolute Gasteiger partial charge is 0.0839 e. The van der Waals surface area contributed by atoms with Crippen LogP contribution in [0.4, 0.5) is 5.69 Å². The Morgan fingerprint density at radius 3 is 2.95 bits per heavy atom. The molecule has 1 aliphatic rings. The Labute approximate surface area is 118 Å². The third-order valence-electron chi connectivity index (χ3n) is 3.49. The van der Waals surface area contributed by atoms with Crippen LogP contribution in [0.3, 0.4) is 0 Å². The van der Waals surface area contributed by atoms with E-state index in [1.54, 1.807) is 11.3 Å². The van der Waals surface area contributed by atoms with Crippen LogP contribution < -0.4 is 4.90 Å². The Kier molecular flexibility index (Phi) is 3.38. The first-order chi connectivity index (χ1) is 9.25. The van der Waals surface area contributed by atoms with Gasteiger partial charge in [0.05, 0.1) is 10.6 Å². The average Bonchev–Trinajstić information content (AvgIpc) is 2.90. The summed E-state index contributed by atoms with van der Waals surface area (Å²) >= 11 is 1.77. The summed E-state index contributed by atoms with van der Waals surface area (Å²) in [7, 11) is 2.17. The van der Waals surface area contributed by atoms with E-state index in [1.165, 1.54) is 21.7 Å². The van der Waals surface area contributed by atoms with Crippen molar-refractivity contribution in [1.29, 1.82) is 0 Å². The zero-order valence-corrected chi connectivity index (χ0v) is 12.2. The van der Waals surface area contributed by atoms with E-state index in [0.717, 1.165) is 25.2 Å². The highest BCUT2D eigenvalue weighted by Crippen LogP contribution is 2.27. The number of nitrogens with zero attached hydrogens (tertiary/aromatic N) is 2. The number of hydrogen-bond acceptors (Lipinski definition) is 3. The van der Waals surface area contributed by atoms with Gasteiger partial charge in [0.25, 0.3) is 0 Å². The second kappa shape index (κ2) is 5.17. The Morgan fingerprint density at radius 1 is 1.26 bits per heavy atom. The quantitative estimate of drug-likeness (QED) is 0.771. The molecular weight excluding hydrogens is 252 g/mol. The van der Waals surface area contributed by atoms with Crippen LogP contribution in [-0.2, 0) is 0 Å². The maximum Gasteiger partial charge on any atom is 0.0839 e. The fourth-order valence-electron chi connectivity index (χ4n) is 2.50. The first-order valence-electron chi connectivity index (χ1n) is 6.66. The summed E-state index contributed by atoms with van der Waals surface area (Å²) < 4.78 is 0. The van der Waals surface area contributed by atoms with E-state index in [1.807, 2.05) is 0 Å². The van der Waals surface area contributed by atoms with E-state index in [4.69, 9.17) is 4.99 Å². The lowest BCUT2D eigenvalue weighted by Crippen LogP contribution is -2.24. The molecule has 0 unspecified atom stereocenters. The minimum atomic E-state index is 0.908. The molecule has 0 amide bonds. The van der Waals surface area contributed by atoms with Gasteiger partial charge in [0.2, 0.25) is 0 Å². The molecule has 0 saturated heterocycles. The molecule has 0 N–H and O–H groups in total. The van der Waals surface area contributed by atoms with Crippen molar-refractivity contribution in [1.82, 2.24) is 0 Å². The molecule has 2 heterocycles. The van der Waals surface area contributed by atoms with Gasteiger partial charge in [-0.3, -0.25) is 4.99 Å². The minimum absolute atomic E-state index is 0.908. The number of anilines is 1. The van der Waals surface area contributed by atoms with Crippen molar-refractivity contribution in [3.05, 3.63) is 51.7 Å². The number of fused-ring (bicyclic) bond motifs is 1. The number of hydrogen-bond donors (Lipinski definition) is 0. The average molecular weight is 270 g/mol. The fraction of sp³-hybridized carbons (Fsp3) is 0.312. The zero-order valence-electron chi connectivity index (χ0n) is 11.4. The molecule has 0 fully saturated rings. The van der Waals surface area contributed by atoms with Gasteiger partial charge in [-0.15, -0.1) is 11.3 Å². The van der Waals surface area contributed by atoms with Crippen molar-refractivity contribution in [3.63, 3.8) is 0 Å². The summed E-state index contributed by atoms with van der Waals surface area (Å²) in [5.41, 5.74) is 5.00. The highest BCUT2D eigenvalue weighted by atomic mass is 32.1. The number of rotatable bonds is 1. The molecule has 0 radical (unpaired) electrons. The summed E-state index contributed by atoms with van der Waals surface area (Å²) in [6.45, 7) is 4.12. The van der Waals surface area contributed by atoms with Crippen molar-refractivity contribution in [3.8, 4) is 0 Å². The largest absolute Gasteiger partial charge is 0.374 e. The van der Waals surface area contributed by atoms with Crippen LogP contribution in [0.25, 0.3) is 0 Å². The Balaban J connectivity index is 2.18. The molecule has 98 valence electrons. The van der Waals surface area contributed by atoms with E-state index in [2.05, 4.69) is 54.6 Å². The van der Waals surface area contributed by atoms with E-state index in [-0.39, 0.29) is 0 Å². The molecule has 1 aromatic heterocycles. The molecule has 0 bridgehead atoms. The van der Waals surface area contributed by atoms with Gasteiger partial charge in [-0.1, -0.05) is 17.7 Å². The highest BCUT2D eigenvalue weighted by Gasteiger charge is 2.17. The van der Waals surface area contributed by atoms with Gasteiger partial charge in [-0.05, 0) is 36.9 Å². The van der Waals surface area contributed by atoms with Gasteiger partial charge >= 0.3 is 0 Å². The molecule has 2 nitrogen and oxygen atoms in total. The lowest BCUT2D eigenvalue weighted by molar-refractivity contribution is 0.790. The Hall–Kier alpha value is -1.61. The lowest BCUT2D eigenvalue weighted by atomic mass is 10.0. The van der Waals surface area contributed by atoms with Gasteiger partial charge in [0.15, 0.2) is 0 Å².